The van der Waals surface area contributed by atoms with Crippen LogP contribution in [-0.2, 0) is 22.6 Å². The molecule has 0 radical (unpaired) electrons. The number of phenols is 1. The number of phenolic OH excluding ortho intramolecular Hbond substituents is 1. The fourth-order valence-corrected chi connectivity index (χ4v) is 8.38. The maximum atomic E-state index is 16.4. The van der Waals surface area contributed by atoms with Gasteiger partial charge in [0.15, 0.2) is 5.60 Å². The highest BCUT2D eigenvalue weighted by Crippen LogP contribution is 2.53. The summed E-state index contributed by atoms with van der Waals surface area (Å²) in [5.41, 5.74) is 1.66. The Labute approximate surface area is 256 Å². The van der Waals surface area contributed by atoms with Crippen molar-refractivity contribution in [2.24, 2.45) is 28.9 Å². The number of halogens is 1. The van der Waals surface area contributed by atoms with Gasteiger partial charge < -0.3 is 31.6 Å². The largest absolute Gasteiger partial charge is 0.510 e. The van der Waals surface area contributed by atoms with E-state index in [1.807, 2.05) is 0 Å². The monoisotopic (exact) mass is 610 g/mol. The summed E-state index contributed by atoms with van der Waals surface area (Å²) in [6.45, 7) is 4.26. The number of Topliss-reactive ketones (excluding diaryl/α,β-unsaturated/α-hetero) is 1. The van der Waals surface area contributed by atoms with Crippen LogP contribution in [0.2, 0.25) is 0 Å². The number of aliphatic hydroxyl groups is 3. The number of nitrogens with one attached hydrogen (secondary N) is 1. The lowest BCUT2D eigenvalue weighted by Gasteiger charge is -2.51. The van der Waals surface area contributed by atoms with E-state index < -0.39 is 63.8 Å². The first-order valence-electron chi connectivity index (χ1n) is 15.7. The van der Waals surface area contributed by atoms with Crippen LogP contribution in [0.15, 0.2) is 23.0 Å². The second-order valence-electron chi connectivity index (χ2n) is 14.1. The van der Waals surface area contributed by atoms with Gasteiger partial charge in [-0.2, -0.15) is 0 Å². The summed E-state index contributed by atoms with van der Waals surface area (Å²) in [5.74, 6) is -5.47. The molecule has 1 aromatic carbocycles. The Morgan fingerprint density at radius 1 is 1.20 bits per heavy atom. The van der Waals surface area contributed by atoms with E-state index in [1.54, 1.807) is 14.1 Å². The first-order chi connectivity index (χ1) is 20.7. The fraction of sp³-hybridized carbons (Fsp3) is 0.606. The number of amides is 1. The van der Waals surface area contributed by atoms with Gasteiger partial charge in [0.2, 0.25) is 5.78 Å². The quantitative estimate of drug-likeness (QED) is 0.247. The van der Waals surface area contributed by atoms with Crippen molar-refractivity contribution in [2.45, 2.75) is 76.5 Å². The number of aliphatic hydroxyl groups excluding tert-OH is 2. The van der Waals surface area contributed by atoms with Gasteiger partial charge in [0.25, 0.3) is 5.91 Å². The van der Waals surface area contributed by atoms with Gasteiger partial charge in [0, 0.05) is 42.3 Å². The van der Waals surface area contributed by atoms with Crippen LogP contribution in [0.4, 0.5) is 4.39 Å². The van der Waals surface area contributed by atoms with Crippen LogP contribution < -0.4 is 5.73 Å². The van der Waals surface area contributed by atoms with Crippen LogP contribution in [0.3, 0.4) is 0 Å². The number of primary amides is 1. The van der Waals surface area contributed by atoms with E-state index in [4.69, 9.17) is 11.1 Å². The van der Waals surface area contributed by atoms with Crippen molar-refractivity contribution in [1.82, 2.24) is 9.80 Å². The summed E-state index contributed by atoms with van der Waals surface area (Å²) in [5, 5.41) is 54.0. The molecule has 0 bridgehead atoms. The third kappa shape index (κ3) is 4.58. The van der Waals surface area contributed by atoms with Crippen LogP contribution in [0, 0.1) is 34.4 Å². The molecule has 3 fully saturated rings. The van der Waals surface area contributed by atoms with Gasteiger partial charge in [-0.25, -0.2) is 4.39 Å². The number of nitrogens with zero attached hydrogens (tertiary/aromatic N) is 2. The number of benzene rings is 1. The maximum absolute atomic E-state index is 16.4. The van der Waals surface area contributed by atoms with Crippen LogP contribution in [0.1, 0.15) is 68.6 Å². The molecule has 0 spiro atoms. The fourth-order valence-electron chi connectivity index (χ4n) is 8.38. The van der Waals surface area contributed by atoms with E-state index in [0.717, 1.165) is 45.2 Å². The molecule has 0 aliphatic heterocycles. The Morgan fingerprint density at radius 2 is 1.89 bits per heavy atom. The topological polar surface area (TPSA) is 171 Å². The minimum absolute atomic E-state index is 0.000341. The molecule has 0 heterocycles. The molecular formula is C33H43FN4O6. The summed E-state index contributed by atoms with van der Waals surface area (Å²) in [4.78, 5) is 30.1. The second kappa shape index (κ2) is 10.7. The third-order valence-corrected chi connectivity index (χ3v) is 11.1. The van der Waals surface area contributed by atoms with Crippen molar-refractivity contribution < 1.29 is 34.4 Å². The zero-order valence-corrected chi connectivity index (χ0v) is 25.6. The smallest absolute Gasteiger partial charge is 0.254 e. The van der Waals surface area contributed by atoms with Crippen molar-refractivity contribution in [3.63, 3.8) is 0 Å². The summed E-state index contributed by atoms with van der Waals surface area (Å²) >= 11 is 0. The highest BCUT2D eigenvalue weighted by Gasteiger charge is 2.63. The van der Waals surface area contributed by atoms with Crippen molar-refractivity contribution in [1.29, 1.82) is 5.41 Å². The lowest BCUT2D eigenvalue weighted by atomic mass is 9.57. The van der Waals surface area contributed by atoms with Gasteiger partial charge in [-0.05, 0) is 82.4 Å². The molecule has 1 amide bonds. The molecule has 1 unspecified atom stereocenters. The molecular weight excluding hydrogens is 567 g/mol. The van der Waals surface area contributed by atoms with E-state index in [9.17, 15) is 30.0 Å². The summed E-state index contributed by atoms with van der Waals surface area (Å²) in [6, 6.07) is 0.287. The van der Waals surface area contributed by atoms with Gasteiger partial charge in [-0.3, -0.25) is 19.4 Å². The predicted molar refractivity (Wildman–Crippen MR) is 161 cm³/mol. The normalized spacial score (nSPS) is 29.5. The van der Waals surface area contributed by atoms with Gasteiger partial charge in [0.05, 0.1) is 17.3 Å². The molecule has 0 aromatic heterocycles. The van der Waals surface area contributed by atoms with Crippen LogP contribution >= 0.6 is 0 Å². The number of likely N-dealkylation sites (N-methyl/N-ethyl adjacent to an activating group) is 1. The molecule has 238 valence electrons. The number of rotatable bonds is 9. The minimum Gasteiger partial charge on any atom is -0.510 e. The van der Waals surface area contributed by atoms with Gasteiger partial charge >= 0.3 is 0 Å². The summed E-state index contributed by atoms with van der Waals surface area (Å²) in [7, 11) is 3.20. The number of fused-ring (bicyclic) bond motifs is 3. The number of hydrogen-bond acceptors (Lipinski definition) is 9. The van der Waals surface area contributed by atoms with Crippen LogP contribution in [-0.4, -0.2) is 86.5 Å². The SMILES string of the molecule is CCC1(CN(Cc2cc(O)c3c(c2F)C[C@H]2CC4[C@H](N(C)C)C(O)=C(C(N)=O)C(=N)[C@@]4(O)C(=O)C2=C3O)CC2CC2)CCC1. The molecule has 5 aliphatic rings. The van der Waals surface area contributed by atoms with E-state index in [-0.39, 0.29) is 40.7 Å². The molecule has 3 saturated carbocycles. The predicted octanol–water partition coefficient (Wildman–Crippen LogP) is 3.35. The molecule has 4 atom stereocenters. The third-order valence-electron chi connectivity index (χ3n) is 11.1. The van der Waals surface area contributed by atoms with Crippen molar-refractivity contribution in [2.75, 3.05) is 27.2 Å². The van der Waals surface area contributed by atoms with Gasteiger partial charge in [-0.15, -0.1) is 0 Å². The zero-order valence-electron chi connectivity index (χ0n) is 25.6. The van der Waals surface area contributed by atoms with Gasteiger partial charge in [0.1, 0.15) is 28.7 Å². The molecule has 0 saturated heterocycles. The van der Waals surface area contributed by atoms with E-state index >= 15 is 4.39 Å². The number of nitrogens with two attached hydrogens (primary N) is 1. The standard InChI is InChI=1S/C33H43FN4O6/c1-4-32(8-5-9-32)15-38(13-16-6-7-16)14-18-12-21(39)23-19(25(18)34)10-17-11-20-26(37(2)3)28(41)24(31(36)43)29(35)33(20,44)30(42)22(17)27(23)40/h12,16-17,20,26,35,39-41,44H,4-11,13-15H2,1-3H3,(H2,36,43)/t17-,20?,26-,33+/m0/s1. The lowest BCUT2D eigenvalue weighted by Crippen LogP contribution is -2.67. The molecule has 1 aromatic rings. The van der Waals surface area contributed by atoms with Crippen LogP contribution in [0.25, 0.3) is 5.76 Å². The molecule has 7 N–H and O–H groups in total. The van der Waals surface area contributed by atoms with Crippen molar-refractivity contribution >= 4 is 23.2 Å². The van der Waals surface area contributed by atoms with E-state index in [0.29, 0.717) is 18.0 Å². The number of aromatic hydroxyl groups is 1. The Bertz CT molecular complexity index is 1500. The van der Waals surface area contributed by atoms with E-state index in [2.05, 4.69) is 11.8 Å². The van der Waals surface area contributed by atoms with Gasteiger partial charge in [-0.1, -0.05) is 13.3 Å². The molecule has 10 nitrogen and oxygen atoms in total. The maximum Gasteiger partial charge on any atom is 0.254 e. The number of hydrogen-bond donors (Lipinski definition) is 6. The first kappa shape index (κ1) is 30.7. The Kier molecular flexibility index (Phi) is 7.45. The zero-order chi connectivity index (χ0) is 31.9. The number of carbonyl (C=O) groups is 2. The molecule has 11 heteroatoms. The highest BCUT2D eigenvalue weighted by molar-refractivity contribution is 6.33. The highest BCUT2D eigenvalue weighted by atomic mass is 19.1. The summed E-state index contributed by atoms with van der Waals surface area (Å²) < 4.78 is 16.4. The summed E-state index contributed by atoms with van der Waals surface area (Å²) in [6.07, 6.45) is 6.88. The second-order valence-corrected chi connectivity index (χ2v) is 14.1. The van der Waals surface area contributed by atoms with Crippen molar-refractivity contribution in [3.05, 3.63) is 45.5 Å². The average Bonchev–Trinajstić information content (AvgIpc) is 3.74. The molecule has 44 heavy (non-hydrogen) atoms. The molecule has 6 rings (SSSR count). The first-order valence-corrected chi connectivity index (χ1v) is 15.7. The lowest BCUT2D eigenvalue weighted by molar-refractivity contribution is -0.138. The Balaban J connectivity index is 1.39. The van der Waals surface area contributed by atoms with E-state index in [1.165, 1.54) is 17.4 Å². The van der Waals surface area contributed by atoms with Crippen LogP contribution in [0.5, 0.6) is 5.75 Å². The number of carbonyl (C=O) groups excluding carboxylic acids is 2. The Hall–Kier alpha value is -3.28. The Morgan fingerprint density at radius 3 is 2.43 bits per heavy atom. The number of ketones is 1. The van der Waals surface area contributed by atoms with Crippen molar-refractivity contribution in [3.8, 4) is 5.75 Å². The minimum atomic E-state index is -2.57. The average molecular weight is 611 g/mol. The molecule has 5 aliphatic carbocycles.